The average molecular weight is 370 g/mol. The van der Waals surface area contributed by atoms with Crippen molar-refractivity contribution in [3.05, 3.63) is 112 Å². The van der Waals surface area contributed by atoms with Gasteiger partial charge in [-0.2, -0.15) is 0 Å². The van der Waals surface area contributed by atoms with Crippen LogP contribution in [0, 0.1) is 5.92 Å². The molecule has 1 saturated heterocycles. The smallest absolute Gasteiger partial charge is 0.252 e. The van der Waals surface area contributed by atoms with Crippen LogP contribution in [0.15, 0.2) is 89.9 Å². The number of benzene rings is 2. The Morgan fingerprint density at radius 3 is 2.07 bits per heavy atom. The Morgan fingerprint density at radius 2 is 1.50 bits per heavy atom. The van der Waals surface area contributed by atoms with E-state index in [9.17, 15) is 4.79 Å². The van der Waals surface area contributed by atoms with Gasteiger partial charge >= 0.3 is 0 Å². The molecule has 2 heterocycles. The summed E-state index contributed by atoms with van der Waals surface area (Å²) in [7, 11) is 0. The summed E-state index contributed by atoms with van der Waals surface area (Å²) in [5, 5.41) is 0. The Labute approximate surface area is 166 Å². The van der Waals surface area contributed by atoms with E-state index in [1.807, 2.05) is 12.1 Å². The fourth-order valence-corrected chi connectivity index (χ4v) is 3.93. The van der Waals surface area contributed by atoms with E-state index in [0.717, 1.165) is 38.0 Å². The molecule has 2 aromatic carbocycles. The zero-order chi connectivity index (χ0) is 19.2. The quantitative estimate of drug-likeness (QED) is 0.705. The van der Waals surface area contributed by atoms with Crippen molar-refractivity contribution in [2.75, 3.05) is 13.1 Å². The molecule has 0 spiro atoms. The van der Waals surface area contributed by atoms with Gasteiger partial charge in [-0.25, -0.2) is 0 Å². The summed E-state index contributed by atoms with van der Waals surface area (Å²) >= 11 is 0. The number of allylic oxidation sites excluding steroid dienone is 1. The van der Waals surface area contributed by atoms with Crippen LogP contribution in [0.25, 0.3) is 5.57 Å². The van der Waals surface area contributed by atoms with Crippen LogP contribution in [-0.2, 0) is 6.54 Å². The third kappa shape index (κ3) is 4.49. The van der Waals surface area contributed by atoms with Gasteiger partial charge in [-0.05, 0) is 54.6 Å². The predicted octanol–water partition coefficient (Wildman–Crippen LogP) is 4.72. The molecule has 1 aromatic heterocycles. The van der Waals surface area contributed by atoms with Gasteiger partial charge in [0.25, 0.3) is 5.56 Å². The molecule has 0 radical (unpaired) electrons. The molecule has 142 valence electrons. The lowest BCUT2D eigenvalue weighted by molar-refractivity contribution is 0.195. The number of aromatic nitrogens is 1. The van der Waals surface area contributed by atoms with E-state index in [1.54, 1.807) is 6.20 Å². The molecule has 3 nitrogen and oxygen atoms in total. The highest BCUT2D eigenvalue weighted by Gasteiger charge is 2.19. The van der Waals surface area contributed by atoms with Crippen LogP contribution in [0.3, 0.4) is 0 Å². The zero-order valence-electron chi connectivity index (χ0n) is 16.1. The molecular formula is C25H26N2O. The van der Waals surface area contributed by atoms with Gasteiger partial charge < -0.3 is 4.98 Å². The number of nitrogens with one attached hydrogen (secondary N) is 1. The fraction of sp³-hybridized carbons (Fsp3) is 0.240. The van der Waals surface area contributed by atoms with E-state index < -0.39 is 0 Å². The van der Waals surface area contributed by atoms with Crippen molar-refractivity contribution < 1.29 is 0 Å². The highest BCUT2D eigenvalue weighted by Crippen LogP contribution is 2.29. The van der Waals surface area contributed by atoms with Gasteiger partial charge in [0.2, 0.25) is 0 Å². The van der Waals surface area contributed by atoms with Crippen molar-refractivity contribution in [2.24, 2.45) is 5.92 Å². The second-order valence-electron chi connectivity index (χ2n) is 7.45. The van der Waals surface area contributed by atoms with Crippen LogP contribution in [0.4, 0.5) is 0 Å². The summed E-state index contributed by atoms with van der Waals surface area (Å²) in [5.74, 6) is 0.556. The first-order chi connectivity index (χ1) is 13.8. The molecule has 1 aliphatic rings. The monoisotopic (exact) mass is 370 g/mol. The largest absolute Gasteiger partial charge is 0.329 e. The van der Waals surface area contributed by atoms with Gasteiger partial charge in [-0.3, -0.25) is 9.69 Å². The first-order valence-corrected chi connectivity index (χ1v) is 10.0. The second-order valence-corrected chi connectivity index (χ2v) is 7.45. The minimum absolute atomic E-state index is 0.0277. The summed E-state index contributed by atoms with van der Waals surface area (Å²) < 4.78 is 0. The van der Waals surface area contributed by atoms with E-state index in [1.165, 1.54) is 16.7 Å². The van der Waals surface area contributed by atoms with E-state index in [2.05, 4.69) is 76.6 Å². The number of H-pyrrole nitrogens is 1. The molecule has 0 unspecified atom stereocenters. The number of rotatable bonds is 5. The highest BCUT2D eigenvalue weighted by molar-refractivity contribution is 5.79. The third-order valence-electron chi connectivity index (χ3n) is 5.50. The molecule has 0 aliphatic carbocycles. The van der Waals surface area contributed by atoms with E-state index in [0.29, 0.717) is 5.92 Å². The SMILES string of the molecule is O=c1[nH]cccc1CN1CCC(C=C(c2ccccc2)c2ccccc2)CC1. The van der Waals surface area contributed by atoms with Crippen molar-refractivity contribution in [1.82, 2.24) is 9.88 Å². The van der Waals surface area contributed by atoms with Crippen molar-refractivity contribution >= 4 is 5.57 Å². The molecule has 1 N–H and O–H groups in total. The first kappa shape index (κ1) is 18.5. The second kappa shape index (κ2) is 8.85. The maximum absolute atomic E-state index is 11.9. The van der Waals surface area contributed by atoms with Crippen LogP contribution in [0.1, 0.15) is 29.5 Å². The maximum Gasteiger partial charge on any atom is 0.252 e. The van der Waals surface area contributed by atoms with Crippen LogP contribution in [-0.4, -0.2) is 23.0 Å². The first-order valence-electron chi connectivity index (χ1n) is 10.0. The Kier molecular flexibility index (Phi) is 5.83. The standard InChI is InChI=1S/C25H26N2O/c28-25-23(12-7-15-26-25)19-27-16-13-20(14-17-27)18-24(21-8-3-1-4-9-21)22-10-5-2-6-11-22/h1-12,15,18,20H,13-14,16-17,19H2,(H,26,28). The van der Waals surface area contributed by atoms with Crippen molar-refractivity contribution in [2.45, 2.75) is 19.4 Å². The molecule has 28 heavy (non-hydrogen) atoms. The molecule has 0 atom stereocenters. The fourth-order valence-electron chi connectivity index (χ4n) is 3.93. The van der Waals surface area contributed by atoms with E-state index >= 15 is 0 Å². The highest BCUT2D eigenvalue weighted by atomic mass is 16.1. The Balaban J connectivity index is 1.48. The molecule has 0 saturated carbocycles. The van der Waals surface area contributed by atoms with Crippen LogP contribution in [0.2, 0.25) is 0 Å². The molecule has 1 aliphatic heterocycles. The Morgan fingerprint density at radius 1 is 0.893 bits per heavy atom. The van der Waals surface area contributed by atoms with Gasteiger partial charge in [0.15, 0.2) is 0 Å². The predicted molar refractivity (Wildman–Crippen MR) is 115 cm³/mol. The molecule has 4 rings (SSSR count). The van der Waals surface area contributed by atoms with Crippen molar-refractivity contribution in [1.29, 1.82) is 0 Å². The molecule has 3 aromatic rings. The van der Waals surface area contributed by atoms with E-state index in [-0.39, 0.29) is 5.56 Å². The number of likely N-dealkylation sites (tertiary alicyclic amines) is 1. The normalized spacial score (nSPS) is 15.3. The van der Waals surface area contributed by atoms with Gasteiger partial charge in [-0.15, -0.1) is 0 Å². The number of hydrogen-bond acceptors (Lipinski definition) is 2. The topological polar surface area (TPSA) is 36.1 Å². The zero-order valence-corrected chi connectivity index (χ0v) is 16.1. The summed E-state index contributed by atoms with van der Waals surface area (Å²) in [5.41, 5.74) is 4.74. The summed E-state index contributed by atoms with van der Waals surface area (Å²) in [6.45, 7) is 2.77. The van der Waals surface area contributed by atoms with Gasteiger partial charge in [-0.1, -0.05) is 72.8 Å². The average Bonchev–Trinajstić information content (AvgIpc) is 2.76. The molecule has 1 fully saturated rings. The van der Waals surface area contributed by atoms with Crippen molar-refractivity contribution in [3.8, 4) is 0 Å². The molecule has 0 amide bonds. The minimum Gasteiger partial charge on any atom is -0.329 e. The third-order valence-corrected chi connectivity index (χ3v) is 5.50. The van der Waals surface area contributed by atoms with Gasteiger partial charge in [0, 0.05) is 18.3 Å². The summed E-state index contributed by atoms with van der Waals surface area (Å²) in [6, 6.07) is 25.1. The molecule has 0 bridgehead atoms. The van der Waals surface area contributed by atoms with Gasteiger partial charge in [0.05, 0.1) is 0 Å². The number of piperidine rings is 1. The summed E-state index contributed by atoms with van der Waals surface area (Å²) in [4.78, 5) is 17.1. The summed E-state index contributed by atoms with van der Waals surface area (Å²) in [6.07, 6.45) is 6.39. The van der Waals surface area contributed by atoms with Crippen molar-refractivity contribution in [3.63, 3.8) is 0 Å². The van der Waals surface area contributed by atoms with E-state index in [4.69, 9.17) is 0 Å². The Hall–Kier alpha value is -2.91. The minimum atomic E-state index is 0.0277. The maximum atomic E-state index is 11.9. The molecule has 3 heteroatoms. The molecular weight excluding hydrogens is 344 g/mol. The number of nitrogens with zero attached hydrogens (tertiary/aromatic N) is 1. The van der Waals surface area contributed by atoms with Gasteiger partial charge in [0.1, 0.15) is 0 Å². The lowest BCUT2D eigenvalue weighted by Crippen LogP contribution is -2.34. The number of pyridine rings is 1. The van der Waals surface area contributed by atoms with Crippen LogP contribution >= 0.6 is 0 Å². The lowest BCUT2D eigenvalue weighted by atomic mass is 9.89. The number of hydrogen-bond donors (Lipinski definition) is 1. The van der Waals surface area contributed by atoms with Crippen LogP contribution < -0.4 is 5.56 Å². The van der Waals surface area contributed by atoms with Crippen LogP contribution in [0.5, 0.6) is 0 Å². The number of aromatic amines is 1. The lowest BCUT2D eigenvalue weighted by Gasteiger charge is -2.31. The Bertz CT molecular complexity index is 926.